The molecule has 0 saturated heterocycles. The molecule has 0 aliphatic heterocycles. The molecule has 3 N–H and O–H groups in total. The van der Waals surface area contributed by atoms with Crippen LogP contribution in [0.4, 0.5) is 13.2 Å². The Hall–Kier alpha value is -1.64. The van der Waals surface area contributed by atoms with Crippen LogP contribution in [0, 0.1) is 19.8 Å². The van der Waals surface area contributed by atoms with Crippen molar-refractivity contribution in [3.63, 3.8) is 0 Å². The number of hydrogen-bond acceptors (Lipinski definition) is 3. The smallest absolute Gasteiger partial charge is 0.393 e. The van der Waals surface area contributed by atoms with Gasteiger partial charge in [-0.15, -0.1) is 0 Å². The quantitative estimate of drug-likeness (QED) is 0.801. The van der Waals surface area contributed by atoms with E-state index in [9.17, 15) is 22.8 Å². The summed E-state index contributed by atoms with van der Waals surface area (Å²) in [6, 6.07) is 0. The average molecular weight is 295 g/mol. The molecule has 0 aliphatic rings. The zero-order valence-corrected chi connectivity index (χ0v) is 11.0. The van der Waals surface area contributed by atoms with Crippen LogP contribution in [-0.4, -0.2) is 20.9 Å². The molecule has 0 bridgehead atoms. The first kappa shape index (κ1) is 15.4. The van der Waals surface area contributed by atoms with E-state index in [4.69, 9.17) is 5.73 Å². The minimum Gasteiger partial charge on any atom is -0.393 e. The van der Waals surface area contributed by atoms with E-state index in [1.807, 2.05) is 0 Å². The fourth-order valence-corrected chi connectivity index (χ4v) is 1.66. The summed E-state index contributed by atoms with van der Waals surface area (Å²) in [4.78, 5) is 22.4. The van der Waals surface area contributed by atoms with Crippen LogP contribution in [0.1, 0.15) is 11.1 Å². The highest BCUT2D eigenvalue weighted by molar-refractivity contribution is 7.80. The van der Waals surface area contributed by atoms with Gasteiger partial charge >= 0.3 is 6.18 Å². The number of halogens is 3. The van der Waals surface area contributed by atoms with Crippen molar-refractivity contribution in [3.8, 4) is 0 Å². The van der Waals surface area contributed by atoms with E-state index in [0.717, 1.165) is 0 Å². The van der Waals surface area contributed by atoms with Crippen molar-refractivity contribution in [1.29, 1.82) is 0 Å². The Labute approximate surface area is 111 Å². The summed E-state index contributed by atoms with van der Waals surface area (Å²) in [7, 11) is 0. The van der Waals surface area contributed by atoms with E-state index in [0.29, 0.717) is 4.68 Å². The van der Waals surface area contributed by atoms with Gasteiger partial charge in [0, 0.05) is 11.1 Å². The number of rotatable bonds is 3. The molecule has 1 atom stereocenters. The molecule has 9 heteroatoms. The van der Waals surface area contributed by atoms with E-state index in [1.165, 1.54) is 13.8 Å². The van der Waals surface area contributed by atoms with Gasteiger partial charge in [-0.05, 0) is 13.8 Å². The number of nitrogens with one attached hydrogen (secondary N) is 1. The van der Waals surface area contributed by atoms with Gasteiger partial charge in [0.15, 0.2) is 0 Å². The first-order valence-corrected chi connectivity index (χ1v) is 5.63. The number of aromatic nitrogens is 2. The molecule has 0 fully saturated rings. The fourth-order valence-electron chi connectivity index (χ4n) is 1.46. The topological polar surface area (TPSA) is 80.9 Å². The van der Waals surface area contributed by atoms with Crippen molar-refractivity contribution in [2.24, 2.45) is 11.7 Å². The maximum atomic E-state index is 12.7. The minimum atomic E-state index is -4.68. The van der Waals surface area contributed by atoms with E-state index in [-0.39, 0.29) is 11.1 Å². The number of nitrogens with zero attached hydrogens (tertiary/aromatic N) is 1. The van der Waals surface area contributed by atoms with Gasteiger partial charge in [-0.2, -0.15) is 13.2 Å². The summed E-state index contributed by atoms with van der Waals surface area (Å²) in [5.41, 5.74) is 3.96. The van der Waals surface area contributed by atoms with E-state index in [2.05, 4.69) is 17.3 Å². The highest BCUT2D eigenvalue weighted by atomic mass is 32.1. The van der Waals surface area contributed by atoms with Crippen LogP contribution in [0.3, 0.4) is 0 Å². The van der Waals surface area contributed by atoms with Crippen LogP contribution >= 0.6 is 12.2 Å². The number of hydrogen-bond donors (Lipinski definition) is 2. The largest absolute Gasteiger partial charge is 0.399 e. The molecule has 1 aromatic rings. The number of aromatic amines is 1. The standard InChI is InChI=1S/C10H12F3N3O2S/c1-4-5(2)9(18)16(15-8(4)17)3-6(7(14)19)10(11,12)13/h6H,3H2,1-2H3,(H2,14,19)(H,15,17). The zero-order valence-electron chi connectivity index (χ0n) is 10.2. The van der Waals surface area contributed by atoms with Crippen LogP contribution in [0.25, 0.3) is 0 Å². The van der Waals surface area contributed by atoms with Crippen LogP contribution < -0.4 is 16.9 Å². The van der Waals surface area contributed by atoms with Gasteiger partial charge in [-0.1, -0.05) is 12.2 Å². The molecule has 1 unspecified atom stereocenters. The molecule has 0 spiro atoms. The maximum absolute atomic E-state index is 12.7. The van der Waals surface area contributed by atoms with E-state index in [1.54, 1.807) is 0 Å². The van der Waals surface area contributed by atoms with Crippen molar-refractivity contribution in [3.05, 3.63) is 31.8 Å². The van der Waals surface area contributed by atoms with Crippen molar-refractivity contribution in [1.82, 2.24) is 9.78 Å². The van der Waals surface area contributed by atoms with Gasteiger partial charge in [0.25, 0.3) is 11.1 Å². The molecule has 0 radical (unpaired) electrons. The highest BCUT2D eigenvalue weighted by Gasteiger charge is 2.42. The number of nitrogens with two attached hydrogens (primary N) is 1. The summed E-state index contributed by atoms with van der Waals surface area (Å²) in [6.45, 7) is 1.94. The third-order valence-corrected chi connectivity index (χ3v) is 3.09. The van der Waals surface area contributed by atoms with Gasteiger partial charge in [0.05, 0.1) is 11.5 Å². The number of alkyl halides is 3. The van der Waals surface area contributed by atoms with Gasteiger partial charge in [0.1, 0.15) is 5.92 Å². The van der Waals surface area contributed by atoms with Crippen molar-refractivity contribution in [2.75, 3.05) is 0 Å². The predicted octanol–water partition coefficient (Wildman–Crippen LogP) is 0.618. The molecule has 1 aromatic heterocycles. The number of thiocarbonyl (C=S) groups is 1. The minimum absolute atomic E-state index is 0.0904. The van der Waals surface area contributed by atoms with Crippen LogP contribution in [0.15, 0.2) is 9.59 Å². The molecular formula is C10H12F3N3O2S. The molecule has 1 heterocycles. The second-order valence-electron chi connectivity index (χ2n) is 4.10. The molecule has 0 saturated carbocycles. The Bertz CT molecular complexity index is 618. The Morgan fingerprint density at radius 2 is 1.89 bits per heavy atom. The SMILES string of the molecule is Cc1c(C)c(=O)n(CC(C(N)=S)C(F)(F)F)[nH]c1=O. The predicted molar refractivity (Wildman–Crippen MR) is 67.1 cm³/mol. The summed E-state index contributed by atoms with van der Waals surface area (Å²) in [5, 5.41) is 2.08. The third kappa shape index (κ3) is 3.22. The summed E-state index contributed by atoms with van der Waals surface area (Å²) in [5.74, 6) is -2.17. The lowest BCUT2D eigenvalue weighted by atomic mass is 10.1. The van der Waals surface area contributed by atoms with Crippen LogP contribution in [0.5, 0.6) is 0 Å². The first-order valence-electron chi connectivity index (χ1n) is 5.22. The second kappa shape index (κ2) is 5.16. The number of H-pyrrole nitrogens is 1. The Kier molecular flexibility index (Phi) is 4.18. The summed E-state index contributed by atoms with van der Waals surface area (Å²) in [6.07, 6.45) is -4.68. The maximum Gasteiger partial charge on any atom is 0.399 e. The fraction of sp³-hybridized carbons (Fsp3) is 0.500. The van der Waals surface area contributed by atoms with Crippen molar-refractivity contribution < 1.29 is 13.2 Å². The highest BCUT2D eigenvalue weighted by Crippen LogP contribution is 2.27. The molecule has 0 aliphatic carbocycles. The molecule has 5 nitrogen and oxygen atoms in total. The molecule has 1 rings (SSSR count). The van der Waals surface area contributed by atoms with Gasteiger partial charge in [0.2, 0.25) is 0 Å². The van der Waals surface area contributed by atoms with Crippen molar-refractivity contribution >= 4 is 17.2 Å². The lowest BCUT2D eigenvalue weighted by Gasteiger charge is -2.20. The van der Waals surface area contributed by atoms with E-state index >= 15 is 0 Å². The van der Waals surface area contributed by atoms with Crippen molar-refractivity contribution in [2.45, 2.75) is 26.6 Å². The molecule has 106 valence electrons. The van der Waals surface area contributed by atoms with Crippen LogP contribution in [-0.2, 0) is 6.54 Å². The van der Waals surface area contributed by atoms with Crippen LogP contribution in [0.2, 0.25) is 0 Å². The Morgan fingerprint density at radius 1 is 1.37 bits per heavy atom. The van der Waals surface area contributed by atoms with E-state index < -0.39 is 34.7 Å². The van der Waals surface area contributed by atoms with Gasteiger partial charge in [-0.3, -0.25) is 14.7 Å². The lowest BCUT2D eigenvalue weighted by Crippen LogP contribution is -2.42. The Balaban J connectivity index is 3.30. The first-order chi connectivity index (χ1) is 8.55. The summed E-state index contributed by atoms with van der Waals surface area (Å²) >= 11 is 4.35. The summed E-state index contributed by atoms with van der Waals surface area (Å²) < 4.78 is 38.7. The second-order valence-corrected chi connectivity index (χ2v) is 4.57. The normalized spacial score (nSPS) is 13.3. The lowest BCUT2D eigenvalue weighted by molar-refractivity contribution is -0.158. The average Bonchev–Trinajstić information content (AvgIpc) is 2.27. The Morgan fingerprint density at radius 3 is 2.32 bits per heavy atom. The molecule has 0 aromatic carbocycles. The third-order valence-electron chi connectivity index (χ3n) is 2.81. The monoisotopic (exact) mass is 295 g/mol. The zero-order chi connectivity index (χ0) is 15.0. The molecule has 0 amide bonds. The van der Waals surface area contributed by atoms with Gasteiger partial charge < -0.3 is 5.73 Å². The molecular weight excluding hydrogens is 283 g/mol. The molecule has 19 heavy (non-hydrogen) atoms. The van der Waals surface area contributed by atoms with Gasteiger partial charge in [-0.25, -0.2) is 4.68 Å².